The molecule has 2 aromatic rings. The van der Waals surface area contributed by atoms with Crippen LogP contribution in [0.4, 0.5) is 0 Å². The van der Waals surface area contributed by atoms with Gasteiger partial charge in [-0.15, -0.1) is 11.3 Å². The molecule has 0 spiro atoms. The molecule has 0 radical (unpaired) electrons. The van der Waals surface area contributed by atoms with E-state index in [2.05, 4.69) is 4.98 Å². The zero-order chi connectivity index (χ0) is 13.3. The quantitative estimate of drug-likeness (QED) is 0.662. The normalized spacial score (nSPS) is 10.9. The molecule has 18 heavy (non-hydrogen) atoms. The number of nitrogens with zero attached hydrogens (tertiary/aromatic N) is 1. The summed E-state index contributed by atoms with van der Waals surface area (Å²) in [5.41, 5.74) is 7.35. The molecule has 0 aliphatic heterocycles. The highest BCUT2D eigenvalue weighted by molar-refractivity contribution is 7.17. The monoisotopic (exact) mass is 279 g/mol. The van der Waals surface area contributed by atoms with Crippen LogP contribution in [0, 0.1) is 5.41 Å². The van der Waals surface area contributed by atoms with Gasteiger partial charge in [0, 0.05) is 5.56 Å². The first-order valence-corrected chi connectivity index (χ1v) is 6.80. The summed E-state index contributed by atoms with van der Waals surface area (Å²) < 4.78 is 0. The predicted octanol–water partition coefficient (Wildman–Crippen LogP) is 3.87. The summed E-state index contributed by atoms with van der Waals surface area (Å²) in [4.78, 5) is 5.31. The van der Waals surface area contributed by atoms with Crippen molar-refractivity contribution in [3.8, 4) is 10.6 Å². The van der Waals surface area contributed by atoms with Crippen LogP contribution in [0.1, 0.15) is 30.3 Å². The van der Waals surface area contributed by atoms with E-state index >= 15 is 0 Å². The molecule has 0 aliphatic rings. The van der Waals surface area contributed by atoms with Gasteiger partial charge < -0.3 is 5.73 Å². The number of aromatic nitrogens is 1. The summed E-state index contributed by atoms with van der Waals surface area (Å²) in [6, 6.07) is 7.57. The van der Waals surface area contributed by atoms with Gasteiger partial charge in [0.2, 0.25) is 0 Å². The van der Waals surface area contributed by atoms with Crippen LogP contribution in [0.2, 0.25) is 5.02 Å². The van der Waals surface area contributed by atoms with Crippen molar-refractivity contribution < 1.29 is 0 Å². The number of amidine groups is 1. The number of hydrogen-bond donors (Lipinski definition) is 2. The Balaban J connectivity index is 2.57. The van der Waals surface area contributed by atoms with Crippen molar-refractivity contribution in [1.29, 1.82) is 5.41 Å². The fraction of sp³-hybridized carbons (Fsp3) is 0.231. The van der Waals surface area contributed by atoms with Crippen LogP contribution in [-0.2, 0) is 0 Å². The van der Waals surface area contributed by atoms with Crippen molar-refractivity contribution in [3.63, 3.8) is 0 Å². The molecule has 94 valence electrons. The highest BCUT2D eigenvalue weighted by Gasteiger charge is 2.18. The Morgan fingerprint density at radius 1 is 1.39 bits per heavy atom. The molecule has 3 nitrogen and oxygen atoms in total. The highest BCUT2D eigenvalue weighted by atomic mass is 35.5. The van der Waals surface area contributed by atoms with Crippen molar-refractivity contribution >= 4 is 28.8 Å². The third-order valence-corrected chi connectivity index (χ3v) is 4.02. The smallest absolute Gasteiger partial charge is 0.135 e. The van der Waals surface area contributed by atoms with E-state index in [-0.39, 0.29) is 11.8 Å². The maximum Gasteiger partial charge on any atom is 0.135 e. The molecule has 5 heteroatoms. The zero-order valence-corrected chi connectivity index (χ0v) is 11.8. The Morgan fingerprint density at radius 3 is 2.56 bits per heavy atom. The number of rotatable bonds is 3. The summed E-state index contributed by atoms with van der Waals surface area (Å²) in [7, 11) is 0. The lowest BCUT2D eigenvalue weighted by molar-refractivity contribution is 0.831. The summed E-state index contributed by atoms with van der Waals surface area (Å²) in [5.74, 6) is 0.297. The molecule has 0 saturated carbocycles. The lowest BCUT2D eigenvalue weighted by Crippen LogP contribution is -2.12. The Labute approximate surface area is 115 Å². The van der Waals surface area contributed by atoms with Crippen molar-refractivity contribution in [2.45, 2.75) is 19.8 Å². The maximum absolute atomic E-state index is 7.61. The minimum absolute atomic E-state index is 0.0644. The highest BCUT2D eigenvalue weighted by Crippen LogP contribution is 2.34. The van der Waals surface area contributed by atoms with Crippen molar-refractivity contribution in [2.75, 3.05) is 0 Å². The van der Waals surface area contributed by atoms with Crippen molar-refractivity contribution in [2.24, 2.45) is 5.73 Å². The topological polar surface area (TPSA) is 62.8 Å². The van der Waals surface area contributed by atoms with Gasteiger partial charge in [-0.2, -0.15) is 0 Å². The van der Waals surface area contributed by atoms with Gasteiger partial charge in [-0.05, 0) is 12.0 Å². The van der Waals surface area contributed by atoms with E-state index in [0.29, 0.717) is 5.02 Å². The molecule has 0 atom stereocenters. The molecule has 2 rings (SSSR count). The van der Waals surface area contributed by atoms with Crippen LogP contribution in [0.25, 0.3) is 10.6 Å². The molecular weight excluding hydrogens is 266 g/mol. The minimum atomic E-state index is 0.0644. The second-order valence-corrected chi connectivity index (χ2v) is 5.69. The number of nitrogens with two attached hydrogens (primary N) is 1. The van der Waals surface area contributed by atoms with E-state index in [9.17, 15) is 0 Å². The van der Waals surface area contributed by atoms with Gasteiger partial charge in [0.1, 0.15) is 10.8 Å². The Hall–Kier alpha value is -1.39. The van der Waals surface area contributed by atoms with Gasteiger partial charge in [-0.3, -0.25) is 5.41 Å². The van der Waals surface area contributed by atoms with E-state index in [1.807, 2.05) is 38.1 Å². The fourth-order valence-corrected chi connectivity index (χ4v) is 3.07. The third-order valence-electron chi connectivity index (χ3n) is 2.55. The molecule has 0 amide bonds. The Morgan fingerprint density at radius 2 is 2.06 bits per heavy atom. The fourth-order valence-electron chi connectivity index (χ4n) is 1.67. The number of nitrogens with one attached hydrogen (secondary N) is 1. The summed E-state index contributed by atoms with van der Waals surface area (Å²) in [6.45, 7) is 4.08. The molecule has 1 aromatic carbocycles. The number of nitrogen functional groups attached to an aromatic ring is 1. The van der Waals surface area contributed by atoms with E-state index in [0.717, 1.165) is 21.1 Å². The predicted molar refractivity (Wildman–Crippen MR) is 77.7 cm³/mol. The molecule has 0 unspecified atom stereocenters. The average Bonchev–Trinajstić information content (AvgIpc) is 2.74. The Kier molecular flexibility index (Phi) is 3.68. The number of hydrogen-bond acceptors (Lipinski definition) is 3. The van der Waals surface area contributed by atoms with Crippen LogP contribution in [0.15, 0.2) is 24.3 Å². The number of benzene rings is 1. The van der Waals surface area contributed by atoms with Crippen molar-refractivity contribution in [1.82, 2.24) is 4.98 Å². The first-order valence-electron chi connectivity index (χ1n) is 5.60. The maximum atomic E-state index is 7.61. The molecule has 0 saturated heterocycles. The van der Waals surface area contributed by atoms with Crippen molar-refractivity contribution in [3.05, 3.63) is 39.9 Å². The van der Waals surface area contributed by atoms with Gasteiger partial charge in [-0.1, -0.05) is 43.6 Å². The molecule has 1 aromatic heterocycles. The Bertz CT molecular complexity index is 590. The molecule has 0 fully saturated rings. The second-order valence-electron chi connectivity index (χ2n) is 4.28. The lowest BCUT2D eigenvalue weighted by Gasteiger charge is -2.02. The SMILES string of the molecule is CC(C)c1nc(-c2ccccc2Cl)sc1C(=N)N. The first kappa shape index (κ1) is 13.1. The number of halogens is 1. The number of thiazole rings is 1. The van der Waals surface area contributed by atoms with Gasteiger partial charge in [0.25, 0.3) is 0 Å². The molecule has 0 aliphatic carbocycles. The van der Waals surface area contributed by atoms with Gasteiger partial charge in [-0.25, -0.2) is 4.98 Å². The first-order chi connectivity index (χ1) is 8.50. The van der Waals surface area contributed by atoms with Crippen LogP contribution >= 0.6 is 22.9 Å². The van der Waals surface area contributed by atoms with Crippen LogP contribution < -0.4 is 5.73 Å². The lowest BCUT2D eigenvalue weighted by atomic mass is 10.1. The third kappa shape index (κ3) is 2.40. The summed E-state index contributed by atoms with van der Waals surface area (Å²) in [5, 5.41) is 9.09. The second kappa shape index (κ2) is 5.08. The molecule has 0 bridgehead atoms. The standard InChI is InChI=1S/C13H14ClN3S/c1-7(2)10-11(12(15)16)18-13(17-10)8-5-3-4-6-9(8)14/h3-7H,1-2H3,(H3,15,16). The molecule has 3 N–H and O–H groups in total. The van der Waals surface area contributed by atoms with Gasteiger partial charge in [0.15, 0.2) is 0 Å². The van der Waals surface area contributed by atoms with E-state index in [1.54, 1.807) is 0 Å². The summed E-state index contributed by atoms with van der Waals surface area (Å²) >= 11 is 7.58. The molecular formula is C13H14ClN3S. The van der Waals surface area contributed by atoms with Crippen LogP contribution in [0.5, 0.6) is 0 Å². The van der Waals surface area contributed by atoms with Crippen LogP contribution in [-0.4, -0.2) is 10.8 Å². The van der Waals surface area contributed by atoms with Crippen LogP contribution in [0.3, 0.4) is 0 Å². The van der Waals surface area contributed by atoms with E-state index in [4.69, 9.17) is 22.7 Å². The van der Waals surface area contributed by atoms with Gasteiger partial charge in [0.05, 0.1) is 15.6 Å². The van der Waals surface area contributed by atoms with Gasteiger partial charge >= 0.3 is 0 Å². The van der Waals surface area contributed by atoms with E-state index in [1.165, 1.54) is 11.3 Å². The summed E-state index contributed by atoms with van der Waals surface area (Å²) in [6.07, 6.45) is 0. The zero-order valence-electron chi connectivity index (χ0n) is 10.2. The minimum Gasteiger partial charge on any atom is -0.383 e. The average molecular weight is 280 g/mol. The molecule has 1 heterocycles. The largest absolute Gasteiger partial charge is 0.383 e. The van der Waals surface area contributed by atoms with E-state index < -0.39 is 0 Å².